The van der Waals surface area contributed by atoms with E-state index in [0.29, 0.717) is 0 Å². The van der Waals surface area contributed by atoms with Gasteiger partial charge in [0.15, 0.2) is 0 Å². The zero-order valence-corrected chi connectivity index (χ0v) is 17.4. The van der Waals surface area contributed by atoms with Gasteiger partial charge in [0.1, 0.15) is 6.54 Å². The molecule has 1 aliphatic rings. The van der Waals surface area contributed by atoms with E-state index >= 15 is 0 Å². The summed E-state index contributed by atoms with van der Waals surface area (Å²) >= 11 is 0. The number of carbonyl (C=O) groups excluding carboxylic acids is 2. The summed E-state index contributed by atoms with van der Waals surface area (Å²) < 4.78 is 61.2. The van der Waals surface area contributed by atoms with Gasteiger partial charge in [-0.2, -0.15) is 13.2 Å². The summed E-state index contributed by atoms with van der Waals surface area (Å²) in [6, 6.07) is 10.2. The Morgan fingerprint density at radius 2 is 1.72 bits per heavy atom. The highest BCUT2D eigenvalue weighted by Crippen LogP contribution is 2.32. The lowest BCUT2D eigenvalue weighted by molar-refractivity contribution is -0.116. The second-order valence-electron chi connectivity index (χ2n) is 7.25. The van der Waals surface area contributed by atoms with Crippen molar-refractivity contribution in [3.8, 4) is 0 Å². The number of benzene rings is 2. The average Bonchev–Trinajstić information content (AvgIpc) is 3.01. The number of para-hydroxylation sites is 1. The van der Waals surface area contributed by atoms with Crippen molar-refractivity contribution < 1.29 is 31.2 Å². The number of amides is 3. The van der Waals surface area contributed by atoms with Crippen molar-refractivity contribution in [3.63, 3.8) is 0 Å². The maximum absolute atomic E-state index is 12.9. The second-order valence-corrected chi connectivity index (χ2v) is 9.19. The number of hydrogen-bond acceptors (Lipinski definition) is 5. The molecule has 2 aromatic carbocycles. The molecule has 1 aromatic heterocycles. The minimum atomic E-state index is -5.52. The van der Waals surface area contributed by atoms with Crippen molar-refractivity contribution >= 4 is 38.4 Å². The monoisotopic (exact) mass is 463 g/mol. The van der Waals surface area contributed by atoms with Crippen LogP contribution < -0.4 is 4.90 Å². The Morgan fingerprint density at radius 1 is 1.03 bits per heavy atom. The molecule has 0 radical (unpaired) electrons. The maximum Gasteiger partial charge on any atom is 0.501 e. The van der Waals surface area contributed by atoms with Crippen LogP contribution in [0.5, 0.6) is 0 Å². The van der Waals surface area contributed by atoms with Crippen LogP contribution in [0.3, 0.4) is 0 Å². The van der Waals surface area contributed by atoms with E-state index < -0.39 is 32.2 Å². The summed E-state index contributed by atoms with van der Waals surface area (Å²) in [6.45, 7) is 1.81. The Kier molecular flexibility index (Phi) is 5.16. The lowest BCUT2D eigenvalue weighted by atomic mass is 10.1. The molecule has 1 aliphatic heterocycles. The summed E-state index contributed by atoms with van der Waals surface area (Å²) in [6.07, 6.45) is 1.62. The molecule has 0 bridgehead atoms. The quantitative estimate of drug-likeness (QED) is 0.549. The van der Waals surface area contributed by atoms with E-state index in [9.17, 15) is 31.2 Å². The molecule has 3 aromatic rings. The molecule has 1 fully saturated rings. The number of anilines is 1. The molecule has 4 rings (SSSR count). The number of carbonyl (C=O) groups is 2. The molecule has 0 aliphatic carbocycles. The number of aryl methyl sites for hydroxylation is 1. The maximum atomic E-state index is 12.9. The number of rotatable bonds is 4. The lowest BCUT2D eigenvalue weighted by Gasteiger charge is -2.18. The zero-order valence-electron chi connectivity index (χ0n) is 16.6. The van der Waals surface area contributed by atoms with E-state index in [0.717, 1.165) is 51.2 Å². The van der Waals surface area contributed by atoms with Crippen LogP contribution in [-0.2, 0) is 21.2 Å². The molecule has 2 heterocycles. The predicted molar refractivity (Wildman–Crippen MR) is 109 cm³/mol. The van der Waals surface area contributed by atoms with Crippen LogP contribution in [0.4, 0.5) is 23.7 Å². The van der Waals surface area contributed by atoms with Gasteiger partial charge in [-0.3, -0.25) is 9.78 Å². The number of aromatic nitrogens is 1. The number of pyridine rings is 1. The third kappa shape index (κ3) is 3.58. The highest BCUT2D eigenvalue weighted by Gasteiger charge is 2.47. The molecule has 0 N–H and O–H groups in total. The first-order valence-corrected chi connectivity index (χ1v) is 10.9. The first kappa shape index (κ1) is 21.8. The molecule has 0 spiro atoms. The van der Waals surface area contributed by atoms with Gasteiger partial charge >= 0.3 is 11.5 Å². The molecule has 7 nitrogen and oxygen atoms in total. The van der Waals surface area contributed by atoms with E-state index in [1.165, 1.54) is 4.90 Å². The van der Waals surface area contributed by atoms with Gasteiger partial charge in [-0.25, -0.2) is 18.1 Å². The number of fused-ring (bicyclic) bond motifs is 1. The number of halogens is 3. The fourth-order valence-electron chi connectivity index (χ4n) is 3.56. The van der Waals surface area contributed by atoms with Crippen LogP contribution in [0.2, 0.25) is 0 Å². The van der Waals surface area contributed by atoms with Gasteiger partial charge in [-0.1, -0.05) is 18.2 Å². The fraction of sp³-hybridized carbons (Fsp3) is 0.190. The van der Waals surface area contributed by atoms with Gasteiger partial charge in [0.05, 0.1) is 16.1 Å². The van der Waals surface area contributed by atoms with Crippen LogP contribution in [0, 0.1) is 6.92 Å². The number of urea groups is 1. The number of sulfone groups is 1. The topological polar surface area (TPSA) is 87.7 Å². The van der Waals surface area contributed by atoms with Crippen molar-refractivity contribution in [1.29, 1.82) is 0 Å². The van der Waals surface area contributed by atoms with E-state index in [-0.39, 0.29) is 18.8 Å². The summed E-state index contributed by atoms with van der Waals surface area (Å²) in [5.41, 5.74) is -2.94. The van der Waals surface area contributed by atoms with Crippen LogP contribution in [0.25, 0.3) is 10.9 Å². The predicted octanol–water partition coefficient (Wildman–Crippen LogP) is 3.81. The first-order valence-electron chi connectivity index (χ1n) is 9.37. The van der Waals surface area contributed by atoms with Crippen LogP contribution in [-0.4, -0.2) is 42.3 Å². The molecule has 11 heteroatoms. The zero-order chi connectivity index (χ0) is 23.3. The summed E-state index contributed by atoms with van der Waals surface area (Å²) in [5.74, 6) is -0.573. The van der Waals surface area contributed by atoms with Crippen LogP contribution in [0.15, 0.2) is 59.6 Å². The van der Waals surface area contributed by atoms with Gasteiger partial charge in [0, 0.05) is 18.1 Å². The highest BCUT2D eigenvalue weighted by molar-refractivity contribution is 7.92. The van der Waals surface area contributed by atoms with Gasteiger partial charge in [0.25, 0.3) is 15.7 Å². The van der Waals surface area contributed by atoms with E-state index in [1.807, 2.05) is 25.1 Å². The molecular weight excluding hydrogens is 447 g/mol. The molecule has 0 atom stereocenters. The first-order chi connectivity index (χ1) is 15.0. The molecule has 166 valence electrons. The largest absolute Gasteiger partial charge is 0.501 e. The number of nitrogens with zero attached hydrogens (tertiary/aromatic N) is 3. The number of alkyl halides is 3. The third-order valence-electron chi connectivity index (χ3n) is 5.17. The van der Waals surface area contributed by atoms with Crippen molar-refractivity contribution in [1.82, 2.24) is 9.88 Å². The Labute approximate surface area is 181 Å². The Bertz CT molecular complexity index is 1340. The second kappa shape index (κ2) is 7.59. The van der Waals surface area contributed by atoms with Crippen molar-refractivity contribution in [2.45, 2.75) is 23.9 Å². The molecular formula is C21H16F3N3O4S. The van der Waals surface area contributed by atoms with Gasteiger partial charge < -0.3 is 4.90 Å². The summed E-state index contributed by atoms with van der Waals surface area (Å²) in [7, 11) is -5.52. The standard InChI is InChI=1S/C21H16F3N3O4S/c1-13-3-2-4-17-14(9-10-25-19(13)17)11-26-12-18(28)27(20(26)29)15-5-7-16(8-6-15)32(30,31)21(22,23)24/h2-10H,11-12H2,1H3. The Morgan fingerprint density at radius 3 is 2.38 bits per heavy atom. The number of imide groups is 1. The fourth-order valence-corrected chi connectivity index (χ4v) is 4.32. The molecule has 0 saturated carbocycles. The van der Waals surface area contributed by atoms with Crippen molar-refractivity contribution in [2.75, 3.05) is 11.4 Å². The molecule has 32 heavy (non-hydrogen) atoms. The van der Waals surface area contributed by atoms with Gasteiger partial charge in [-0.15, -0.1) is 0 Å². The van der Waals surface area contributed by atoms with Crippen LogP contribution in [0.1, 0.15) is 11.1 Å². The van der Waals surface area contributed by atoms with E-state index in [4.69, 9.17) is 0 Å². The van der Waals surface area contributed by atoms with Crippen molar-refractivity contribution in [2.24, 2.45) is 0 Å². The Hall–Kier alpha value is -3.47. The van der Waals surface area contributed by atoms with Gasteiger partial charge in [-0.05, 0) is 48.4 Å². The van der Waals surface area contributed by atoms with Crippen LogP contribution >= 0.6 is 0 Å². The Balaban J connectivity index is 1.60. The average molecular weight is 463 g/mol. The minimum Gasteiger partial charge on any atom is -0.310 e. The molecule has 0 unspecified atom stereocenters. The van der Waals surface area contributed by atoms with E-state index in [1.54, 1.807) is 12.3 Å². The summed E-state index contributed by atoms with van der Waals surface area (Å²) in [5, 5.41) is 0.841. The molecule has 3 amide bonds. The minimum absolute atomic E-state index is 0.0148. The number of hydrogen-bond donors (Lipinski definition) is 0. The smallest absolute Gasteiger partial charge is 0.310 e. The SMILES string of the molecule is Cc1cccc2c(CN3CC(=O)N(c4ccc(S(=O)(=O)C(F)(F)F)cc4)C3=O)ccnc12. The lowest BCUT2D eigenvalue weighted by Crippen LogP contribution is -2.33. The van der Waals surface area contributed by atoms with E-state index in [2.05, 4.69) is 4.98 Å². The normalized spacial score (nSPS) is 15.1. The highest BCUT2D eigenvalue weighted by atomic mass is 32.2. The third-order valence-corrected chi connectivity index (χ3v) is 6.67. The van der Waals surface area contributed by atoms with Crippen molar-refractivity contribution in [3.05, 3.63) is 65.9 Å². The summed E-state index contributed by atoms with van der Waals surface area (Å²) in [4.78, 5) is 30.9. The molecule has 1 saturated heterocycles. The van der Waals surface area contributed by atoms with Gasteiger partial charge in [0.2, 0.25) is 0 Å².